The summed E-state index contributed by atoms with van der Waals surface area (Å²) in [5.74, 6) is -0.967. The van der Waals surface area contributed by atoms with Gasteiger partial charge in [-0.2, -0.15) is 0 Å². The van der Waals surface area contributed by atoms with Crippen LogP contribution in [0.3, 0.4) is 0 Å². The van der Waals surface area contributed by atoms with E-state index in [4.69, 9.17) is 0 Å². The molecule has 0 heterocycles. The molecule has 17 heavy (non-hydrogen) atoms. The molecule has 1 aromatic rings. The average Bonchev–Trinajstić information content (AvgIpc) is 2.29. The molecule has 1 unspecified atom stereocenters. The minimum atomic E-state index is -0.510. The van der Waals surface area contributed by atoms with E-state index in [1.807, 2.05) is 0 Å². The standard InChI is InChI=1S/C13H16O4/c14-10-4-2-1-3-9(10)5-8-6-11(15)13(17)12(16)7-8/h6-7,9,15-17H,1-5H2. The van der Waals surface area contributed by atoms with E-state index in [-0.39, 0.29) is 23.2 Å². The Morgan fingerprint density at radius 2 is 1.76 bits per heavy atom. The van der Waals surface area contributed by atoms with E-state index in [9.17, 15) is 20.1 Å². The zero-order chi connectivity index (χ0) is 12.4. The van der Waals surface area contributed by atoms with Crippen molar-refractivity contribution in [3.05, 3.63) is 17.7 Å². The van der Waals surface area contributed by atoms with Crippen LogP contribution in [0.2, 0.25) is 0 Å². The second kappa shape index (κ2) is 4.65. The molecule has 0 spiro atoms. The van der Waals surface area contributed by atoms with E-state index in [0.29, 0.717) is 18.4 Å². The second-order valence-corrected chi connectivity index (χ2v) is 4.60. The van der Waals surface area contributed by atoms with Gasteiger partial charge in [-0.15, -0.1) is 0 Å². The van der Waals surface area contributed by atoms with Gasteiger partial charge in [0, 0.05) is 12.3 Å². The first-order valence-corrected chi connectivity index (χ1v) is 5.84. The molecule has 0 saturated heterocycles. The highest BCUT2D eigenvalue weighted by molar-refractivity contribution is 5.82. The molecular weight excluding hydrogens is 220 g/mol. The molecule has 1 fully saturated rings. The van der Waals surface area contributed by atoms with Gasteiger partial charge in [-0.05, 0) is 37.0 Å². The van der Waals surface area contributed by atoms with E-state index in [1.54, 1.807) is 0 Å². The first kappa shape index (κ1) is 11.8. The smallest absolute Gasteiger partial charge is 0.200 e. The largest absolute Gasteiger partial charge is 0.504 e. The van der Waals surface area contributed by atoms with E-state index < -0.39 is 5.75 Å². The maximum Gasteiger partial charge on any atom is 0.200 e. The van der Waals surface area contributed by atoms with Crippen LogP contribution in [0, 0.1) is 5.92 Å². The second-order valence-electron chi connectivity index (χ2n) is 4.60. The number of phenols is 3. The third-order valence-corrected chi connectivity index (χ3v) is 3.29. The number of phenolic OH excluding ortho intramolecular Hbond substituents is 3. The van der Waals surface area contributed by atoms with Crippen LogP contribution in [0.15, 0.2) is 12.1 Å². The molecular formula is C13H16O4. The van der Waals surface area contributed by atoms with Crippen LogP contribution >= 0.6 is 0 Å². The fourth-order valence-corrected chi connectivity index (χ4v) is 2.33. The minimum absolute atomic E-state index is 0.0212. The van der Waals surface area contributed by atoms with Gasteiger partial charge in [0.1, 0.15) is 5.78 Å². The lowest BCUT2D eigenvalue weighted by atomic mass is 9.83. The fraction of sp³-hybridized carbons (Fsp3) is 0.462. The van der Waals surface area contributed by atoms with Gasteiger partial charge >= 0.3 is 0 Å². The lowest BCUT2D eigenvalue weighted by Gasteiger charge is -2.20. The van der Waals surface area contributed by atoms with Crippen LogP contribution < -0.4 is 0 Å². The van der Waals surface area contributed by atoms with Crippen molar-refractivity contribution in [2.75, 3.05) is 0 Å². The molecule has 1 aliphatic carbocycles. The van der Waals surface area contributed by atoms with Crippen LogP contribution in [-0.4, -0.2) is 21.1 Å². The van der Waals surface area contributed by atoms with E-state index in [2.05, 4.69) is 0 Å². The highest BCUT2D eigenvalue weighted by atomic mass is 16.3. The third kappa shape index (κ3) is 2.52. The van der Waals surface area contributed by atoms with Gasteiger partial charge in [0.2, 0.25) is 0 Å². The van der Waals surface area contributed by atoms with Crippen molar-refractivity contribution in [3.63, 3.8) is 0 Å². The Labute approximate surface area is 99.5 Å². The first-order chi connectivity index (χ1) is 8.08. The van der Waals surface area contributed by atoms with Gasteiger partial charge in [0.15, 0.2) is 17.2 Å². The lowest BCUT2D eigenvalue weighted by molar-refractivity contribution is -0.124. The number of carbonyl (C=O) groups is 1. The summed E-state index contributed by atoms with van der Waals surface area (Å²) in [6.45, 7) is 0. The normalized spacial score (nSPS) is 20.5. The van der Waals surface area contributed by atoms with Crippen LogP contribution in [0.5, 0.6) is 17.2 Å². The average molecular weight is 236 g/mol. The topological polar surface area (TPSA) is 77.8 Å². The van der Waals surface area contributed by atoms with Crippen molar-refractivity contribution >= 4 is 5.78 Å². The molecule has 0 aliphatic heterocycles. The summed E-state index contributed by atoms with van der Waals surface area (Å²) in [4.78, 5) is 11.7. The summed E-state index contributed by atoms with van der Waals surface area (Å²) >= 11 is 0. The summed E-state index contributed by atoms with van der Waals surface area (Å²) in [6.07, 6.45) is 4.01. The van der Waals surface area contributed by atoms with E-state index in [1.165, 1.54) is 12.1 Å². The van der Waals surface area contributed by atoms with Gasteiger partial charge in [-0.25, -0.2) is 0 Å². The van der Waals surface area contributed by atoms with Gasteiger partial charge in [0.25, 0.3) is 0 Å². The van der Waals surface area contributed by atoms with Crippen molar-refractivity contribution in [1.82, 2.24) is 0 Å². The Hall–Kier alpha value is -1.71. The first-order valence-electron chi connectivity index (χ1n) is 5.84. The Bertz CT molecular complexity index is 416. The Morgan fingerprint density at radius 3 is 2.35 bits per heavy atom. The molecule has 3 N–H and O–H groups in total. The molecule has 0 amide bonds. The summed E-state index contributed by atoms with van der Waals surface area (Å²) in [7, 11) is 0. The molecule has 1 saturated carbocycles. The van der Waals surface area contributed by atoms with Crippen molar-refractivity contribution in [2.45, 2.75) is 32.1 Å². The lowest BCUT2D eigenvalue weighted by Crippen LogP contribution is -2.20. The molecule has 0 radical (unpaired) electrons. The SMILES string of the molecule is O=C1CCCCC1Cc1cc(O)c(O)c(O)c1. The molecule has 1 atom stereocenters. The maximum absolute atomic E-state index is 11.7. The van der Waals surface area contributed by atoms with Gasteiger partial charge in [0.05, 0.1) is 0 Å². The molecule has 4 heteroatoms. The highest BCUT2D eigenvalue weighted by Crippen LogP contribution is 2.36. The molecule has 1 aromatic carbocycles. The number of carbonyl (C=O) groups excluding carboxylic acids is 1. The van der Waals surface area contributed by atoms with Gasteiger partial charge < -0.3 is 15.3 Å². The number of Topliss-reactive ketones (excluding diaryl/α,β-unsaturated/α-hetero) is 1. The third-order valence-electron chi connectivity index (χ3n) is 3.29. The number of ketones is 1. The predicted molar refractivity (Wildman–Crippen MR) is 62.1 cm³/mol. The Kier molecular flexibility index (Phi) is 3.22. The Morgan fingerprint density at radius 1 is 1.12 bits per heavy atom. The molecule has 0 bridgehead atoms. The Balaban J connectivity index is 2.15. The number of hydrogen-bond acceptors (Lipinski definition) is 4. The van der Waals surface area contributed by atoms with Crippen LogP contribution in [-0.2, 0) is 11.2 Å². The van der Waals surface area contributed by atoms with E-state index >= 15 is 0 Å². The quantitative estimate of drug-likeness (QED) is 0.687. The van der Waals surface area contributed by atoms with Crippen molar-refractivity contribution in [3.8, 4) is 17.2 Å². The summed E-state index contributed by atoms with van der Waals surface area (Å²) in [5, 5.41) is 28.0. The number of rotatable bonds is 2. The summed E-state index contributed by atoms with van der Waals surface area (Å²) in [5.41, 5.74) is 0.679. The molecule has 0 aromatic heterocycles. The van der Waals surface area contributed by atoms with E-state index in [0.717, 1.165) is 19.3 Å². The van der Waals surface area contributed by atoms with Crippen LogP contribution in [0.4, 0.5) is 0 Å². The number of aromatic hydroxyl groups is 3. The molecule has 92 valence electrons. The number of benzene rings is 1. The highest BCUT2D eigenvalue weighted by Gasteiger charge is 2.23. The monoisotopic (exact) mass is 236 g/mol. The zero-order valence-electron chi connectivity index (χ0n) is 9.52. The van der Waals surface area contributed by atoms with Crippen molar-refractivity contribution in [1.29, 1.82) is 0 Å². The molecule has 2 rings (SSSR count). The van der Waals surface area contributed by atoms with Gasteiger partial charge in [-0.1, -0.05) is 6.42 Å². The molecule has 4 nitrogen and oxygen atoms in total. The maximum atomic E-state index is 11.7. The summed E-state index contributed by atoms with van der Waals surface area (Å²) in [6, 6.07) is 2.80. The zero-order valence-corrected chi connectivity index (χ0v) is 9.52. The van der Waals surface area contributed by atoms with Crippen LogP contribution in [0.25, 0.3) is 0 Å². The van der Waals surface area contributed by atoms with Crippen molar-refractivity contribution in [2.24, 2.45) is 5.92 Å². The minimum Gasteiger partial charge on any atom is -0.504 e. The van der Waals surface area contributed by atoms with Crippen molar-refractivity contribution < 1.29 is 20.1 Å². The predicted octanol–water partition coefficient (Wildman–Crippen LogP) is 2.11. The number of hydrogen-bond donors (Lipinski definition) is 3. The van der Waals surface area contributed by atoms with Gasteiger partial charge in [-0.3, -0.25) is 4.79 Å². The summed E-state index contributed by atoms with van der Waals surface area (Å²) < 4.78 is 0. The van der Waals surface area contributed by atoms with Crippen LogP contribution in [0.1, 0.15) is 31.2 Å². The fourth-order valence-electron chi connectivity index (χ4n) is 2.33. The molecule has 1 aliphatic rings.